The maximum absolute atomic E-state index is 9.63. The summed E-state index contributed by atoms with van der Waals surface area (Å²) in [6.45, 7) is 0. The van der Waals surface area contributed by atoms with Gasteiger partial charge < -0.3 is 0 Å². The molecule has 0 radical (unpaired) electrons. The minimum Gasteiger partial charge on any atom is -0.252 e. The molecule has 2 nitrogen and oxygen atoms in total. The summed E-state index contributed by atoms with van der Waals surface area (Å²) < 4.78 is 0. The Morgan fingerprint density at radius 2 is 1.10 bits per heavy atom. The van der Waals surface area contributed by atoms with Crippen LogP contribution in [0.4, 0.5) is 5.69 Å². The third kappa shape index (κ3) is 4.68. The molecule has 0 aliphatic carbocycles. The Bertz CT molecular complexity index is 2550. The predicted octanol–water partition coefficient (Wildman–Crippen LogP) is 11.8. The second-order valence-electron chi connectivity index (χ2n) is 12.6. The molecular weight excluding hydrogens is 581 g/mol. The van der Waals surface area contributed by atoms with E-state index in [1.165, 1.54) is 65.7 Å². The Morgan fingerprint density at radius 1 is 0.500 bits per heavy atom. The number of hydrogen-bond donors (Lipinski definition) is 0. The van der Waals surface area contributed by atoms with Gasteiger partial charge in [-0.3, -0.25) is 4.99 Å². The number of rotatable bonds is 5. The highest BCUT2D eigenvalue weighted by Gasteiger charge is 2.29. The van der Waals surface area contributed by atoms with Crippen molar-refractivity contribution in [2.24, 2.45) is 4.99 Å². The van der Waals surface area contributed by atoms with E-state index in [1.807, 2.05) is 12.1 Å². The minimum atomic E-state index is 0.0918. The first-order valence-corrected chi connectivity index (χ1v) is 16.5. The molecule has 0 amide bonds. The number of aliphatic imine (C=N–C) groups is 1. The summed E-state index contributed by atoms with van der Waals surface area (Å²) in [7, 11) is 0. The summed E-state index contributed by atoms with van der Waals surface area (Å²) in [6.07, 6.45) is 0.842. The zero-order chi connectivity index (χ0) is 32.0. The third-order valence-electron chi connectivity index (χ3n) is 9.81. The van der Waals surface area contributed by atoms with Gasteiger partial charge in [0, 0.05) is 5.92 Å². The molecule has 48 heavy (non-hydrogen) atoms. The van der Waals surface area contributed by atoms with Crippen molar-refractivity contribution >= 4 is 43.7 Å². The molecule has 1 aliphatic rings. The van der Waals surface area contributed by atoms with Gasteiger partial charge in [-0.05, 0) is 102 Å². The average molecular weight is 611 g/mol. The fourth-order valence-electron chi connectivity index (χ4n) is 7.61. The molecule has 1 aliphatic heterocycles. The van der Waals surface area contributed by atoms with Gasteiger partial charge in [0.2, 0.25) is 0 Å². The van der Waals surface area contributed by atoms with Gasteiger partial charge in [0.15, 0.2) is 0 Å². The summed E-state index contributed by atoms with van der Waals surface area (Å²) in [4.78, 5) is 5.21. The van der Waals surface area contributed by atoms with Crippen LogP contribution in [0.3, 0.4) is 0 Å². The topological polar surface area (TPSA) is 36.1 Å². The molecular formula is C46H30N2. The van der Waals surface area contributed by atoms with Crippen molar-refractivity contribution in [3.8, 4) is 28.3 Å². The van der Waals surface area contributed by atoms with Gasteiger partial charge in [-0.25, -0.2) is 0 Å². The highest BCUT2D eigenvalue weighted by atomic mass is 14.8. The molecule has 8 aromatic carbocycles. The van der Waals surface area contributed by atoms with Gasteiger partial charge in [-0.2, -0.15) is 5.26 Å². The van der Waals surface area contributed by atoms with Crippen LogP contribution < -0.4 is 0 Å². The van der Waals surface area contributed by atoms with Crippen molar-refractivity contribution in [1.29, 1.82) is 5.26 Å². The molecule has 0 bridgehead atoms. The molecule has 0 saturated carbocycles. The zero-order valence-electron chi connectivity index (χ0n) is 26.3. The fourth-order valence-corrected chi connectivity index (χ4v) is 7.61. The van der Waals surface area contributed by atoms with Gasteiger partial charge in [0.05, 0.1) is 23.0 Å². The third-order valence-corrected chi connectivity index (χ3v) is 9.81. The Kier molecular flexibility index (Phi) is 6.70. The first-order valence-electron chi connectivity index (χ1n) is 16.5. The van der Waals surface area contributed by atoms with Crippen LogP contribution >= 0.6 is 0 Å². The lowest BCUT2D eigenvalue weighted by Gasteiger charge is -2.19. The lowest BCUT2D eigenvalue weighted by molar-refractivity contribution is 0.897. The van der Waals surface area contributed by atoms with E-state index in [0.717, 1.165) is 23.4 Å². The number of hydrogen-bond acceptors (Lipinski definition) is 2. The summed E-state index contributed by atoms with van der Waals surface area (Å²) in [5.41, 5.74) is 11.0. The SMILES string of the molecule is N#Cc1ccc2c(c1)N=C(c1cccc(-c3c4ccccc4c(-c4ccc5ccccc5c4)c4ccccc34)c1)C2Cc1ccccc1. The first kappa shape index (κ1) is 28.0. The summed E-state index contributed by atoms with van der Waals surface area (Å²) in [6, 6.07) is 60.8. The maximum Gasteiger partial charge on any atom is 0.0992 e. The molecule has 9 rings (SSSR count). The van der Waals surface area contributed by atoms with E-state index in [4.69, 9.17) is 4.99 Å². The molecule has 2 heteroatoms. The van der Waals surface area contributed by atoms with Gasteiger partial charge in [-0.1, -0.05) is 140 Å². The molecule has 0 N–H and O–H groups in total. The van der Waals surface area contributed by atoms with E-state index in [0.29, 0.717) is 5.56 Å². The molecule has 0 aromatic heterocycles. The van der Waals surface area contributed by atoms with Crippen LogP contribution in [0.15, 0.2) is 169 Å². The Balaban J connectivity index is 1.24. The van der Waals surface area contributed by atoms with E-state index in [1.54, 1.807) is 0 Å². The lowest BCUT2D eigenvalue weighted by atomic mass is 9.83. The summed E-state index contributed by atoms with van der Waals surface area (Å²) in [5.74, 6) is 0.0918. The van der Waals surface area contributed by atoms with E-state index in [2.05, 4.69) is 158 Å². The molecule has 1 unspecified atom stereocenters. The second kappa shape index (κ2) is 11.5. The van der Waals surface area contributed by atoms with Gasteiger partial charge in [0.1, 0.15) is 0 Å². The van der Waals surface area contributed by atoms with Gasteiger partial charge in [-0.15, -0.1) is 0 Å². The van der Waals surface area contributed by atoms with Gasteiger partial charge >= 0.3 is 0 Å². The lowest BCUT2D eigenvalue weighted by Crippen LogP contribution is -2.13. The van der Waals surface area contributed by atoms with Crippen molar-refractivity contribution in [3.63, 3.8) is 0 Å². The molecule has 8 aromatic rings. The quantitative estimate of drug-likeness (QED) is 0.179. The second-order valence-corrected chi connectivity index (χ2v) is 12.6. The standard InChI is InChI=1S/C46H30N2/c47-29-31-21-24-37-42(25-30-11-2-1-3-12-30)46(48-43(37)26-31)36-16-10-15-34(28-36)44-38-17-6-8-19-40(38)45(41-20-9-7-18-39(41)44)35-23-22-32-13-4-5-14-33(32)27-35/h1-24,26-28,42H,25H2. The first-order chi connectivity index (χ1) is 23.7. The van der Waals surface area contributed by atoms with Gasteiger partial charge in [0.25, 0.3) is 0 Å². The van der Waals surface area contributed by atoms with Crippen molar-refractivity contribution in [3.05, 3.63) is 186 Å². The largest absolute Gasteiger partial charge is 0.252 e. The van der Waals surface area contributed by atoms with Crippen molar-refractivity contribution in [1.82, 2.24) is 0 Å². The van der Waals surface area contributed by atoms with E-state index in [-0.39, 0.29) is 5.92 Å². The minimum absolute atomic E-state index is 0.0918. The number of nitriles is 1. The van der Waals surface area contributed by atoms with Crippen LogP contribution in [0.25, 0.3) is 54.6 Å². The molecule has 1 heterocycles. The van der Waals surface area contributed by atoms with Crippen LogP contribution in [-0.2, 0) is 6.42 Å². The average Bonchev–Trinajstić information content (AvgIpc) is 3.51. The Morgan fingerprint density at radius 3 is 1.79 bits per heavy atom. The molecule has 0 saturated heterocycles. The number of nitrogens with zero attached hydrogens (tertiary/aromatic N) is 2. The smallest absolute Gasteiger partial charge is 0.0992 e. The monoisotopic (exact) mass is 610 g/mol. The number of fused-ring (bicyclic) bond motifs is 4. The van der Waals surface area contributed by atoms with Crippen molar-refractivity contribution in [2.75, 3.05) is 0 Å². The number of benzene rings is 8. The Labute approximate surface area is 279 Å². The Hall–Kier alpha value is -6.30. The van der Waals surface area contributed by atoms with Crippen LogP contribution in [0.1, 0.15) is 28.2 Å². The maximum atomic E-state index is 9.63. The predicted molar refractivity (Wildman–Crippen MR) is 200 cm³/mol. The van der Waals surface area contributed by atoms with E-state index < -0.39 is 0 Å². The van der Waals surface area contributed by atoms with Crippen molar-refractivity contribution in [2.45, 2.75) is 12.3 Å². The molecule has 224 valence electrons. The van der Waals surface area contributed by atoms with Crippen molar-refractivity contribution < 1.29 is 0 Å². The zero-order valence-corrected chi connectivity index (χ0v) is 26.3. The summed E-state index contributed by atoms with van der Waals surface area (Å²) >= 11 is 0. The van der Waals surface area contributed by atoms with Crippen LogP contribution in [0, 0.1) is 11.3 Å². The normalized spacial score (nSPS) is 13.8. The van der Waals surface area contributed by atoms with Crippen LogP contribution in [-0.4, -0.2) is 5.71 Å². The molecule has 0 spiro atoms. The van der Waals surface area contributed by atoms with Crippen LogP contribution in [0.5, 0.6) is 0 Å². The fraction of sp³-hybridized carbons (Fsp3) is 0.0435. The summed E-state index contributed by atoms with van der Waals surface area (Å²) in [5, 5.41) is 17.1. The highest BCUT2D eigenvalue weighted by Crippen LogP contribution is 2.45. The van der Waals surface area contributed by atoms with E-state index >= 15 is 0 Å². The van der Waals surface area contributed by atoms with Crippen LogP contribution in [0.2, 0.25) is 0 Å². The molecule has 0 fully saturated rings. The molecule has 1 atom stereocenters. The highest BCUT2D eigenvalue weighted by molar-refractivity contribution is 6.22. The van der Waals surface area contributed by atoms with E-state index in [9.17, 15) is 5.26 Å².